The van der Waals surface area contributed by atoms with Gasteiger partial charge in [0.25, 0.3) is 5.56 Å². The summed E-state index contributed by atoms with van der Waals surface area (Å²) in [6.45, 7) is 1.66. The molecule has 0 radical (unpaired) electrons. The van der Waals surface area contributed by atoms with E-state index in [1.165, 1.54) is 22.7 Å². The fourth-order valence-corrected chi connectivity index (χ4v) is 4.02. The van der Waals surface area contributed by atoms with Crippen LogP contribution in [0, 0.1) is 0 Å². The van der Waals surface area contributed by atoms with Gasteiger partial charge < -0.3 is 9.88 Å². The van der Waals surface area contributed by atoms with Crippen molar-refractivity contribution in [3.63, 3.8) is 0 Å². The zero-order valence-electron chi connectivity index (χ0n) is 15.8. The summed E-state index contributed by atoms with van der Waals surface area (Å²) in [5, 5.41) is 3.66. The van der Waals surface area contributed by atoms with Gasteiger partial charge in [0, 0.05) is 26.7 Å². The molecule has 0 saturated carbocycles. The smallest absolute Gasteiger partial charge is 0.325 e. The molecule has 0 aliphatic heterocycles. The normalized spacial score (nSPS) is 16.1. The zero-order valence-corrected chi connectivity index (χ0v) is 15.8. The number of benzene rings is 1. The monoisotopic (exact) mass is 367 g/mol. The van der Waals surface area contributed by atoms with Gasteiger partial charge in [0.2, 0.25) is 0 Å². The van der Waals surface area contributed by atoms with Crippen molar-refractivity contribution in [2.45, 2.75) is 38.3 Å². The molecule has 7 heteroatoms. The highest BCUT2D eigenvalue weighted by Crippen LogP contribution is 2.30. The molecule has 0 saturated heterocycles. The lowest BCUT2D eigenvalue weighted by Gasteiger charge is -2.14. The Bertz CT molecular complexity index is 1090. The molecule has 1 N–H and O–H groups in total. The fraction of sp³-hybridized carbons (Fsp3) is 0.450. The molecule has 2 heterocycles. The van der Waals surface area contributed by atoms with Crippen molar-refractivity contribution in [3.8, 4) is 0 Å². The number of nitrogens with one attached hydrogen (secondary N) is 1. The second-order valence-corrected chi connectivity index (χ2v) is 7.27. The molecule has 1 unspecified atom stereocenters. The number of rotatable bonds is 6. The third-order valence-electron chi connectivity index (χ3n) is 5.57. The van der Waals surface area contributed by atoms with Gasteiger partial charge >= 0.3 is 5.69 Å². The van der Waals surface area contributed by atoms with E-state index in [0.29, 0.717) is 23.8 Å². The standard InChI is InChI=1S/C20H25N5O2/c1-23-18-17(19(26)24(2)20(23)27)25(13-22-18)12-6-5-11-21-16-10-9-14-7-3-4-8-15(14)16/h3-4,7-8,13,16,21H,5-6,9-12H2,1-2H3. The summed E-state index contributed by atoms with van der Waals surface area (Å²) in [7, 11) is 3.15. The predicted octanol–water partition coefficient (Wildman–Crippen LogP) is 1.49. The summed E-state index contributed by atoms with van der Waals surface area (Å²) < 4.78 is 4.42. The van der Waals surface area contributed by atoms with Gasteiger partial charge in [-0.1, -0.05) is 24.3 Å². The van der Waals surface area contributed by atoms with Crippen LogP contribution in [0.15, 0.2) is 40.2 Å². The maximum Gasteiger partial charge on any atom is 0.332 e. The first-order valence-electron chi connectivity index (χ1n) is 9.50. The molecule has 2 aromatic heterocycles. The number of aryl methyl sites for hydroxylation is 3. The summed E-state index contributed by atoms with van der Waals surface area (Å²) >= 11 is 0. The van der Waals surface area contributed by atoms with Gasteiger partial charge in [-0.05, 0) is 43.4 Å². The molecule has 3 aromatic rings. The molecule has 7 nitrogen and oxygen atoms in total. The average molecular weight is 367 g/mol. The Labute approximate surface area is 157 Å². The SMILES string of the molecule is Cn1c(=O)c2c(ncn2CCCCNC2CCc3ccccc32)n(C)c1=O. The van der Waals surface area contributed by atoms with E-state index in [1.807, 2.05) is 4.57 Å². The van der Waals surface area contributed by atoms with Crippen molar-refractivity contribution in [1.29, 1.82) is 0 Å². The van der Waals surface area contributed by atoms with Crippen LogP contribution in [0.25, 0.3) is 11.2 Å². The number of hydrogen-bond acceptors (Lipinski definition) is 4. The van der Waals surface area contributed by atoms with E-state index in [-0.39, 0.29) is 11.2 Å². The molecule has 1 aliphatic carbocycles. The number of unbranched alkanes of at least 4 members (excludes halogenated alkanes) is 1. The third kappa shape index (κ3) is 3.12. The lowest BCUT2D eigenvalue weighted by atomic mass is 10.1. The molecule has 0 spiro atoms. The van der Waals surface area contributed by atoms with E-state index in [4.69, 9.17) is 0 Å². The van der Waals surface area contributed by atoms with Gasteiger partial charge in [-0.15, -0.1) is 0 Å². The Morgan fingerprint density at radius 2 is 1.96 bits per heavy atom. The summed E-state index contributed by atoms with van der Waals surface area (Å²) in [5.41, 5.74) is 3.20. The molecule has 142 valence electrons. The third-order valence-corrected chi connectivity index (χ3v) is 5.57. The maximum atomic E-state index is 12.4. The topological polar surface area (TPSA) is 73.8 Å². The van der Waals surface area contributed by atoms with Crippen LogP contribution in [0.5, 0.6) is 0 Å². The molecule has 4 rings (SSSR count). The van der Waals surface area contributed by atoms with Gasteiger partial charge in [-0.2, -0.15) is 0 Å². The molecular weight excluding hydrogens is 342 g/mol. The lowest BCUT2D eigenvalue weighted by molar-refractivity contribution is 0.499. The highest BCUT2D eigenvalue weighted by atomic mass is 16.2. The summed E-state index contributed by atoms with van der Waals surface area (Å²) in [4.78, 5) is 28.7. The van der Waals surface area contributed by atoms with Gasteiger partial charge in [0.05, 0.1) is 6.33 Å². The number of imidazole rings is 1. The van der Waals surface area contributed by atoms with Gasteiger partial charge in [0.1, 0.15) is 0 Å². The van der Waals surface area contributed by atoms with Crippen molar-refractivity contribution >= 4 is 11.2 Å². The molecule has 0 fully saturated rings. The van der Waals surface area contributed by atoms with Crippen molar-refractivity contribution in [2.75, 3.05) is 6.54 Å². The quantitative estimate of drug-likeness (QED) is 0.670. The minimum Gasteiger partial charge on any atom is -0.325 e. The zero-order chi connectivity index (χ0) is 19.0. The fourth-order valence-electron chi connectivity index (χ4n) is 4.02. The van der Waals surface area contributed by atoms with Gasteiger partial charge in [-0.3, -0.25) is 13.9 Å². The Morgan fingerprint density at radius 1 is 1.15 bits per heavy atom. The Balaban J connectivity index is 1.37. The maximum absolute atomic E-state index is 12.4. The number of fused-ring (bicyclic) bond motifs is 2. The van der Waals surface area contributed by atoms with E-state index in [2.05, 4.69) is 34.6 Å². The number of hydrogen-bond donors (Lipinski definition) is 1. The molecule has 1 aliphatic rings. The molecule has 0 bridgehead atoms. The van der Waals surface area contributed by atoms with Crippen molar-refractivity contribution in [2.24, 2.45) is 14.1 Å². The van der Waals surface area contributed by atoms with E-state index < -0.39 is 0 Å². The van der Waals surface area contributed by atoms with Crippen LogP contribution in [0.3, 0.4) is 0 Å². The first kappa shape index (κ1) is 17.7. The van der Waals surface area contributed by atoms with Crippen LogP contribution in [0.2, 0.25) is 0 Å². The Hall–Kier alpha value is -2.67. The highest BCUT2D eigenvalue weighted by molar-refractivity contribution is 5.69. The first-order valence-corrected chi connectivity index (χ1v) is 9.50. The summed E-state index contributed by atoms with van der Waals surface area (Å²) in [6, 6.07) is 9.11. The Kier molecular flexibility index (Phi) is 4.70. The predicted molar refractivity (Wildman–Crippen MR) is 105 cm³/mol. The van der Waals surface area contributed by atoms with Crippen LogP contribution >= 0.6 is 0 Å². The summed E-state index contributed by atoms with van der Waals surface area (Å²) in [6.07, 6.45) is 5.93. The second-order valence-electron chi connectivity index (χ2n) is 7.27. The highest BCUT2D eigenvalue weighted by Gasteiger charge is 2.20. The van der Waals surface area contributed by atoms with Gasteiger partial charge in [-0.25, -0.2) is 9.78 Å². The number of nitrogens with zero attached hydrogens (tertiary/aromatic N) is 4. The molecular formula is C20H25N5O2. The van der Waals surface area contributed by atoms with Crippen LogP contribution in [-0.4, -0.2) is 25.2 Å². The van der Waals surface area contributed by atoms with Crippen LogP contribution < -0.4 is 16.6 Å². The van der Waals surface area contributed by atoms with Crippen molar-refractivity contribution in [1.82, 2.24) is 24.0 Å². The molecule has 27 heavy (non-hydrogen) atoms. The Morgan fingerprint density at radius 3 is 2.81 bits per heavy atom. The van der Waals surface area contributed by atoms with Crippen LogP contribution in [0.4, 0.5) is 0 Å². The van der Waals surface area contributed by atoms with Crippen LogP contribution in [0.1, 0.15) is 36.4 Å². The molecule has 1 aromatic carbocycles. The van der Waals surface area contributed by atoms with Crippen LogP contribution in [-0.2, 0) is 27.1 Å². The largest absolute Gasteiger partial charge is 0.332 e. The summed E-state index contributed by atoms with van der Waals surface area (Å²) in [5.74, 6) is 0. The lowest BCUT2D eigenvalue weighted by Crippen LogP contribution is -2.37. The van der Waals surface area contributed by atoms with E-state index in [1.54, 1.807) is 13.4 Å². The van der Waals surface area contributed by atoms with Crippen molar-refractivity contribution < 1.29 is 0 Å². The van der Waals surface area contributed by atoms with E-state index in [0.717, 1.165) is 36.8 Å². The molecule has 1 atom stereocenters. The average Bonchev–Trinajstić information content (AvgIpc) is 3.29. The first-order chi connectivity index (χ1) is 13.1. The molecule has 0 amide bonds. The number of aromatic nitrogens is 4. The van der Waals surface area contributed by atoms with E-state index >= 15 is 0 Å². The van der Waals surface area contributed by atoms with Gasteiger partial charge in [0.15, 0.2) is 11.2 Å². The van der Waals surface area contributed by atoms with E-state index in [9.17, 15) is 9.59 Å². The van der Waals surface area contributed by atoms with Crippen molar-refractivity contribution in [3.05, 3.63) is 62.6 Å². The second kappa shape index (κ2) is 7.15. The minimum atomic E-state index is -0.348. The minimum absolute atomic E-state index is 0.286.